The van der Waals surface area contributed by atoms with Crippen LogP contribution in [0.2, 0.25) is 0 Å². The number of carbonyl (C=O) groups is 2. The number of hydrogen-bond donors (Lipinski definition) is 2. The van der Waals surface area contributed by atoms with Crippen LogP contribution in [0.3, 0.4) is 0 Å². The number of aryl methyl sites for hydroxylation is 1. The average Bonchev–Trinajstić information content (AvgIpc) is 3.09. The van der Waals surface area contributed by atoms with Crippen molar-refractivity contribution in [1.29, 1.82) is 0 Å². The lowest BCUT2D eigenvalue weighted by atomic mass is 9.90. The van der Waals surface area contributed by atoms with Crippen molar-refractivity contribution in [2.75, 3.05) is 10.6 Å². The highest BCUT2D eigenvalue weighted by molar-refractivity contribution is 7.14. The smallest absolute Gasteiger partial charge is 0.234 e. The highest BCUT2D eigenvalue weighted by Crippen LogP contribution is 2.34. The number of amides is 2. The Labute approximate surface area is 159 Å². The second kappa shape index (κ2) is 6.92. The predicted octanol–water partition coefficient (Wildman–Crippen LogP) is 4.32. The van der Waals surface area contributed by atoms with E-state index in [9.17, 15) is 14.0 Å². The molecule has 136 valence electrons. The first-order chi connectivity index (χ1) is 13.0. The maximum Gasteiger partial charge on any atom is 0.234 e. The summed E-state index contributed by atoms with van der Waals surface area (Å²) in [5.74, 6) is -1.78. The zero-order valence-electron chi connectivity index (χ0n) is 14.5. The number of fused-ring (bicyclic) bond motifs is 1. The van der Waals surface area contributed by atoms with Crippen LogP contribution in [0.4, 0.5) is 15.2 Å². The molecule has 1 aromatic heterocycles. The summed E-state index contributed by atoms with van der Waals surface area (Å²) in [6.45, 7) is 2.01. The molecule has 0 saturated carbocycles. The number of thiazole rings is 1. The molecular formula is C20H16FN3O2S. The summed E-state index contributed by atoms with van der Waals surface area (Å²) >= 11 is 1.32. The van der Waals surface area contributed by atoms with Gasteiger partial charge in [0.25, 0.3) is 0 Å². The van der Waals surface area contributed by atoms with Crippen molar-refractivity contribution < 1.29 is 14.0 Å². The summed E-state index contributed by atoms with van der Waals surface area (Å²) in [6.07, 6.45) is 0.0145. The minimum atomic E-state index is -0.680. The van der Waals surface area contributed by atoms with Crippen LogP contribution in [-0.2, 0) is 9.59 Å². The number of anilines is 2. The van der Waals surface area contributed by atoms with Crippen LogP contribution in [0.1, 0.15) is 23.5 Å². The standard InChI is InChI=1S/C20H16FN3O2S/c1-11-2-4-12(5-3-11)17-10-27-20(23-17)24-19(26)15-9-18(25)22-16-8-13(21)6-7-14(15)16/h2-8,10,15H,9H2,1H3,(H,22,25)(H,23,24,26)/t15-/m1/s1. The average molecular weight is 381 g/mol. The Kier molecular flexibility index (Phi) is 4.45. The zero-order chi connectivity index (χ0) is 19.0. The maximum atomic E-state index is 13.4. The Morgan fingerprint density at radius 3 is 2.81 bits per heavy atom. The van der Waals surface area contributed by atoms with Crippen LogP contribution in [0.25, 0.3) is 11.3 Å². The monoisotopic (exact) mass is 381 g/mol. The SMILES string of the molecule is Cc1ccc(-c2csc(NC(=O)[C@@H]3CC(=O)Nc4cc(F)ccc43)n2)cc1. The summed E-state index contributed by atoms with van der Waals surface area (Å²) in [4.78, 5) is 29.1. The molecule has 0 unspecified atom stereocenters. The summed E-state index contributed by atoms with van der Waals surface area (Å²) in [5.41, 5.74) is 3.84. The first-order valence-electron chi connectivity index (χ1n) is 8.42. The van der Waals surface area contributed by atoms with Crippen molar-refractivity contribution in [3.8, 4) is 11.3 Å². The van der Waals surface area contributed by atoms with Gasteiger partial charge in [0.05, 0.1) is 11.6 Å². The fourth-order valence-corrected chi connectivity index (χ4v) is 3.77. The van der Waals surface area contributed by atoms with Gasteiger partial charge >= 0.3 is 0 Å². The van der Waals surface area contributed by atoms with Crippen molar-refractivity contribution in [3.05, 3.63) is 64.8 Å². The molecule has 0 fully saturated rings. The van der Waals surface area contributed by atoms with E-state index in [-0.39, 0.29) is 18.2 Å². The third-order valence-corrected chi connectivity index (χ3v) is 5.21. The van der Waals surface area contributed by atoms with Crippen molar-refractivity contribution in [2.45, 2.75) is 19.3 Å². The highest BCUT2D eigenvalue weighted by Gasteiger charge is 2.31. The van der Waals surface area contributed by atoms with Gasteiger partial charge in [0.2, 0.25) is 11.8 Å². The molecule has 4 rings (SSSR count). The van der Waals surface area contributed by atoms with Crippen LogP contribution in [-0.4, -0.2) is 16.8 Å². The molecule has 1 aliphatic rings. The molecule has 0 radical (unpaired) electrons. The molecule has 7 heteroatoms. The molecule has 0 saturated heterocycles. The third-order valence-electron chi connectivity index (χ3n) is 4.45. The van der Waals surface area contributed by atoms with E-state index in [1.165, 1.54) is 29.5 Å². The minimum absolute atomic E-state index is 0.0145. The van der Waals surface area contributed by atoms with Gasteiger partial charge in [0.1, 0.15) is 5.82 Å². The van der Waals surface area contributed by atoms with Gasteiger partial charge in [-0.25, -0.2) is 9.37 Å². The summed E-state index contributed by atoms with van der Waals surface area (Å²) in [5, 5.41) is 7.73. The van der Waals surface area contributed by atoms with E-state index < -0.39 is 11.7 Å². The van der Waals surface area contributed by atoms with Crippen molar-refractivity contribution in [1.82, 2.24) is 4.98 Å². The first-order valence-corrected chi connectivity index (χ1v) is 9.30. The van der Waals surface area contributed by atoms with Gasteiger partial charge in [0.15, 0.2) is 5.13 Å². The lowest BCUT2D eigenvalue weighted by Gasteiger charge is -2.24. The van der Waals surface area contributed by atoms with E-state index in [0.717, 1.165) is 16.8 Å². The maximum absolute atomic E-state index is 13.4. The number of aromatic nitrogens is 1. The van der Waals surface area contributed by atoms with E-state index in [2.05, 4.69) is 15.6 Å². The molecule has 1 atom stereocenters. The molecule has 0 spiro atoms. The Morgan fingerprint density at radius 2 is 2.04 bits per heavy atom. The molecule has 2 N–H and O–H groups in total. The molecule has 1 aliphatic heterocycles. The summed E-state index contributed by atoms with van der Waals surface area (Å²) in [6, 6.07) is 12.0. The second-order valence-electron chi connectivity index (χ2n) is 6.43. The Balaban J connectivity index is 1.55. The molecule has 5 nitrogen and oxygen atoms in total. The minimum Gasteiger partial charge on any atom is -0.326 e. The van der Waals surface area contributed by atoms with Gasteiger partial charge in [-0.05, 0) is 24.6 Å². The topological polar surface area (TPSA) is 71.1 Å². The van der Waals surface area contributed by atoms with Crippen molar-refractivity contribution in [3.63, 3.8) is 0 Å². The van der Waals surface area contributed by atoms with Gasteiger partial charge in [0, 0.05) is 23.1 Å². The highest BCUT2D eigenvalue weighted by atomic mass is 32.1. The van der Waals surface area contributed by atoms with Crippen molar-refractivity contribution in [2.24, 2.45) is 0 Å². The van der Waals surface area contributed by atoms with Gasteiger partial charge in [-0.3, -0.25) is 9.59 Å². The van der Waals surface area contributed by atoms with Crippen LogP contribution >= 0.6 is 11.3 Å². The Hall–Kier alpha value is -3.06. The molecule has 0 bridgehead atoms. The Bertz CT molecular complexity index is 1030. The molecular weight excluding hydrogens is 365 g/mol. The predicted molar refractivity (Wildman–Crippen MR) is 103 cm³/mol. The number of rotatable bonds is 3. The van der Waals surface area contributed by atoms with E-state index in [1.807, 2.05) is 36.6 Å². The van der Waals surface area contributed by atoms with E-state index in [0.29, 0.717) is 16.4 Å². The fourth-order valence-electron chi connectivity index (χ4n) is 3.05. The van der Waals surface area contributed by atoms with E-state index in [4.69, 9.17) is 0 Å². The van der Waals surface area contributed by atoms with Crippen LogP contribution in [0.5, 0.6) is 0 Å². The number of nitrogens with zero attached hydrogens (tertiary/aromatic N) is 1. The molecule has 27 heavy (non-hydrogen) atoms. The quantitative estimate of drug-likeness (QED) is 0.710. The van der Waals surface area contributed by atoms with Crippen LogP contribution in [0.15, 0.2) is 47.8 Å². The zero-order valence-corrected chi connectivity index (χ0v) is 15.3. The van der Waals surface area contributed by atoms with Gasteiger partial charge in [-0.1, -0.05) is 35.9 Å². The molecule has 2 aromatic carbocycles. The van der Waals surface area contributed by atoms with Gasteiger partial charge < -0.3 is 10.6 Å². The lowest BCUT2D eigenvalue weighted by Crippen LogP contribution is -2.30. The molecule has 2 amide bonds. The number of carbonyl (C=O) groups excluding carboxylic acids is 2. The van der Waals surface area contributed by atoms with E-state index in [1.54, 1.807) is 0 Å². The van der Waals surface area contributed by atoms with Crippen LogP contribution in [0, 0.1) is 12.7 Å². The summed E-state index contributed by atoms with van der Waals surface area (Å²) < 4.78 is 13.4. The van der Waals surface area contributed by atoms with Gasteiger partial charge in [-0.2, -0.15) is 0 Å². The molecule has 0 aliphatic carbocycles. The third kappa shape index (κ3) is 3.59. The van der Waals surface area contributed by atoms with Crippen LogP contribution < -0.4 is 10.6 Å². The second-order valence-corrected chi connectivity index (χ2v) is 7.29. The first kappa shape index (κ1) is 17.4. The number of benzene rings is 2. The lowest BCUT2D eigenvalue weighted by molar-refractivity contribution is -0.123. The van der Waals surface area contributed by atoms with E-state index >= 15 is 0 Å². The molecule has 2 heterocycles. The Morgan fingerprint density at radius 1 is 1.26 bits per heavy atom. The number of halogens is 1. The fraction of sp³-hybridized carbons (Fsp3) is 0.150. The number of nitrogens with one attached hydrogen (secondary N) is 2. The normalized spacial score (nSPS) is 15.8. The molecule has 3 aromatic rings. The van der Waals surface area contributed by atoms with Gasteiger partial charge in [-0.15, -0.1) is 11.3 Å². The largest absolute Gasteiger partial charge is 0.326 e. The number of hydrogen-bond acceptors (Lipinski definition) is 4. The summed E-state index contributed by atoms with van der Waals surface area (Å²) in [7, 11) is 0. The van der Waals surface area contributed by atoms with Crippen molar-refractivity contribution >= 4 is 34.0 Å².